The van der Waals surface area contributed by atoms with Crippen LogP contribution in [-0.2, 0) is 16.1 Å². The molecule has 2 aromatic rings. The van der Waals surface area contributed by atoms with Crippen molar-refractivity contribution in [3.8, 4) is 0 Å². The van der Waals surface area contributed by atoms with E-state index in [4.69, 9.17) is 0 Å². The number of rotatable bonds is 9. The summed E-state index contributed by atoms with van der Waals surface area (Å²) in [6.07, 6.45) is 12.5. The van der Waals surface area contributed by atoms with Crippen LogP contribution in [0.4, 0.5) is 0 Å². The molecule has 2 aliphatic carbocycles. The van der Waals surface area contributed by atoms with Crippen molar-refractivity contribution in [2.24, 2.45) is 5.92 Å². The summed E-state index contributed by atoms with van der Waals surface area (Å²) in [6, 6.07) is 18.6. The van der Waals surface area contributed by atoms with Crippen LogP contribution < -0.4 is 5.32 Å². The Balaban J connectivity index is 1.22. The Kier molecular flexibility index (Phi) is 10.1. The highest BCUT2D eigenvalue weighted by atomic mass is 32.2. The standard InChI is InChI=1S/C33H42N2O2S2/c1-24-10-8-13-26(20-24)23-35-29-22-27(32(36)34-18-9-19-38-28-14-6-3-7-15-28)16-17-30(29)39-31(33(35)37)21-25-11-4-2-5-12-25/h2,4-5,8,10-13,20-21,27-30H,3,6-7,9,14-19,22-23H2,1H3,(H,34,36)/b31-21-. The van der Waals surface area contributed by atoms with E-state index in [2.05, 4.69) is 53.2 Å². The average molecular weight is 563 g/mol. The van der Waals surface area contributed by atoms with Crippen molar-refractivity contribution in [3.05, 3.63) is 76.2 Å². The summed E-state index contributed by atoms with van der Waals surface area (Å²) in [6.45, 7) is 3.43. The van der Waals surface area contributed by atoms with E-state index >= 15 is 0 Å². The molecular weight excluding hydrogens is 521 g/mol. The first-order valence-electron chi connectivity index (χ1n) is 14.8. The molecule has 0 radical (unpaired) electrons. The van der Waals surface area contributed by atoms with Gasteiger partial charge in [-0.15, -0.1) is 11.8 Å². The number of aryl methyl sites for hydroxylation is 1. The van der Waals surface area contributed by atoms with Crippen molar-refractivity contribution in [1.29, 1.82) is 0 Å². The van der Waals surface area contributed by atoms with Crippen LogP contribution in [0.2, 0.25) is 0 Å². The molecule has 6 heteroatoms. The monoisotopic (exact) mass is 562 g/mol. The van der Waals surface area contributed by atoms with Crippen LogP contribution in [0.5, 0.6) is 0 Å². The molecule has 2 saturated carbocycles. The Morgan fingerprint density at radius 1 is 1.05 bits per heavy atom. The molecule has 1 heterocycles. The number of carbonyl (C=O) groups excluding carboxylic acids is 2. The van der Waals surface area contributed by atoms with Crippen LogP contribution in [-0.4, -0.2) is 45.6 Å². The Bertz CT molecular complexity index is 1150. The minimum absolute atomic E-state index is 0.0229. The second kappa shape index (κ2) is 13.9. The number of thioether (sulfide) groups is 2. The van der Waals surface area contributed by atoms with Crippen molar-refractivity contribution >= 4 is 41.4 Å². The van der Waals surface area contributed by atoms with E-state index in [1.807, 2.05) is 36.4 Å². The predicted molar refractivity (Wildman–Crippen MR) is 166 cm³/mol. The van der Waals surface area contributed by atoms with Gasteiger partial charge in [0, 0.05) is 35.5 Å². The molecule has 0 spiro atoms. The summed E-state index contributed by atoms with van der Waals surface area (Å²) >= 11 is 3.82. The minimum Gasteiger partial charge on any atom is -0.356 e. The van der Waals surface area contributed by atoms with Crippen LogP contribution in [0.3, 0.4) is 0 Å². The summed E-state index contributed by atoms with van der Waals surface area (Å²) in [5.41, 5.74) is 3.40. The second-order valence-electron chi connectivity index (χ2n) is 11.4. The van der Waals surface area contributed by atoms with Crippen molar-refractivity contribution in [1.82, 2.24) is 10.2 Å². The molecule has 5 rings (SSSR count). The van der Waals surface area contributed by atoms with Crippen LogP contribution >= 0.6 is 23.5 Å². The first kappa shape index (κ1) is 28.4. The van der Waals surface area contributed by atoms with E-state index in [1.165, 1.54) is 37.7 Å². The number of hydrogen-bond acceptors (Lipinski definition) is 4. The summed E-state index contributed by atoms with van der Waals surface area (Å²) < 4.78 is 0. The largest absolute Gasteiger partial charge is 0.356 e. The van der Waals surface area contributed by atoms with Gasteiger partial charge in [0.05, 0.1) is 4.91 Å². The van der Waals surface area contributed by atoms with E-state index in [0.29, 0.717) is 11.8 Å². The SMILES string of the molecule is Cc1cccc(CN2C(=O)/C(=C/c3ccccc3)SC3CCC(C(=O)NCCCSC4CCCCC4)CC32)c1. The first-order valence-corrected chi connectivity index (χ1v) is 16.7. The quantitative estimate of drug-likeness (QED) is 0.259. The molecule has 2 aromatic carbocycles. The lowest BCUT2D eigenvalue weighted by atomic mass is 9.83. The smallest absolute Gasteiger partial charge is 0.260 e. The predicted octanol–water partition coefficient (Wildman–Crippen LogP) is 7.22. The van der Waals surface area contributed by atoms with Crippen molar-refractivity contribution in [3.63, 3.8) is 0 Å². The van der Waals surface area contributed by atoms with Crippen molar-refractivity contribution in [2.45, 2.75) is 87.8 Å². The molecule has 39 heavy (non-hydrogen) atoms. The van der Waals surface area contributed by atoms with Crippen LogP contribution in [0, 0.1) is 12.8 Å². The third kappa shape index (κ3) is 7.73. The van der Waals surface area contributed by atoms with Crippen molar-refractivity contribution in [2.75, 3.05) is 12.3 Å². The summed E-state index contributed by atoms with van der Waals surface area (Å²) in [4.78, 5) is 29.9. The third-order valence-corrected chi connectivity index (χ3v) is 11.2. The Morgan fingerprint density at radius 3 is 2.67 bits per heavy atom. The summed E-state index contributed by atoms with van der Waals surface area (Å²) in [7, 11) is 0. The van der Waals surface area contributed by atoms with Crippen LogP contribution in [0.25, 0.3) is 6.08 Å². The van der Waals surface area contributed by atoms with Gasteiger partial charge < -0.3 is 10.2 Å². The molecule has 2 amide bonds. The zero-order valence-electron chi connectivity index (χ0n) is 23.1. The fourth-order valence-electron chi connectivity index (χ4n) is 6.23. The highest BCUT2D eigenvalue weighted by Gasteiger charge is 2.44. The number of amides is 2. The highest BCUT2D eigenvalue weighted by Crippen LogP contribution is 2.44. The lowest BCUT2D eigenvalue weighted by molar-refractivity contribution is -0.133. The van der Waals surface area contributed by atoms with E-state index < -0.39 is 0 Å². The van der Waals surface area contributed by atoms with Gasteiger partial charge in [-0.25, -0.2) is 0 Å². The van der Waals surface area contributed by atoms with Gasteiger partial charge in [-0.05, 0) is 68.4 Å². The fourth-order valence-corrected chi connectivity index (χ4v) is 8.96. The van der Waals surface area contributed by atoms with Gasteiger partial charge in [0.2, 0.25) is 5.91 Å². The van der Waals surface area contributed by atoms with E-state index in [1.54, 1.807) is 11.8 Å². The zero-order chi connectivity index (χ0) is 27.0. The van der Waals surface area contributed by atoms with Gasteiger partial charge in [0.1, 0.15) is 0 Å². The number of carbonyl (C=O) groups is 2. The normalized spacial score (nSPS) is 24.9. The zero-order valence-corrected chi connectivity index (χ0v) is 24.8. The summed E-state index contributed by atoms with van der Waals surface area (Å²) in [5.74, 6) is 1.37. The first-order chi connectivity index (χ1) is 19.1. The van der Waals surface area contributed by atoms with E-state index in [0.717, 1.165) is 59.3 Å². The maximum atomic E-state index is 13.9. The number of nitrogens with one attached hydrogen (secondary N) is 1. The Morgan fingerprint density at radius 2 is 1.87 bits per heavy atom. The van der Waals surface area contributed by atoms with Crippen molar-refractivity contribution < 1.29 is 9.59 Å². The minimum atomic E-state index is -0.0229. The summed E-state index contributed by atoms with van der Waals surface area (Å²) in [5, 5.41) is 4.38. The average Bonchev–Trinajstić information content (AvgIpc) is 2.96. The van der Waals surface area contributed by atoms with E-state index in [-0.39, 0.29) is 23.8 Å². The molecule has 4 nitrogen and oxygen atoms in total. The lowest BCUT2D eigenvalue weighted by Gasteiger charge is -2.46. The van der Waals surface area contributed by atoms with Gasteiger partial charge in [-0.3, -0.25) is 9.59 Å². The molecule has 3 atom stereocenters. The number of hydrogen-bond donors (Lipinski definition) is 1. The van der Waals surface area contributed by atoms with Gasteiger partial charge in [0.25, 0.3) is 5.91 Å². The molecule has 3 aliphatic rings. The molecule has 0 aromatic heterocycles. The highest BCUT2D eigenvalue weighted by molar-refractivity contribution is 8.04. The lowest BCUT2D eigenvalue weighted by Crippen LogP contribution is -2.53. The van der Waals surface area contributed by atoms with Crippen LogP contribution in [0.1, 0.15) is 74.5 Å². The van der Waals surface area contributed by atoms with E-state index in [9.17, 15) is 9.59 Å². The molecule has 0 bridgehead atoms. The number of benzene rings is 2. The Labute approximate surface area is 242 Å². The van der Waals surface area contributed by atoms with Crippen LogP contribution in [0.15, 0.2) is 59.5 Å². The molecule has 1 N–H and O–H groups in total. The van der Waals surface area contributed by atoms with Gasteiger partial charge in [-0.2, -0.15) is 11.8 Å². The number of nitrogens with zero attached hydrogens (tertiary/aromatic N) is 1. The molecule has 1 saturated heterocycles. The number of fused-ring (bicyclic) bond motifs is 1. The fraction of sp³-hybridized carbons (Fsp3) is 0.515. The Hall–Kier alpha value is -2.18. The van der Waals surface area contributed by atoms with Gasteiger partial charge in [0.15, 0.2) is 0 Å². The van der Waals surface area contributed by atoms with Gasteiger partial charge in [-0.1, -0.05) is 79.4 Å². The molecule has 3 fully saturated rings. The topological polar surface area (TPSA) is 49.4 Å². The third-order valence-electron chi connectivity index (χ3n) is 8.33. The molecular formula is C33H42N2O2S2. The van der Waals surface area contributed by atoms with Gasteiger partial charge >= 0.3 is 0 Å². The maximum absolute atomic E-state index is 13.9. The molecule has 208 valence electrons. The maximum Gasteiger partial charge on any atom is 0.260 e. The molecule has 1 aliphatic heterocycles. The second-order valence-corrected chi connectivity index (χ2v) is 14.0. The molecule has 3 unspecified atom stereocenters.